The molecule has 4 heterocycles. The van der Waals surface area contributed by atoms with E-state index in [9.17, 15) is 4.79 Å². The third kappa shape index (κ3) is 5.59. The van der Waals surface area contributed by atoms with Crippen LogP contribution in [0.2, 0.25) is 0 Å². The first-order valence-corrected chi connectivity index (χ1v) is 13.3. The van der Waals surface area contributed by atoms with Gasteiger partial charge in [-0.2, -0.15) is 0 Å². The van der Waals surface area contributed by atoms with Crippen LogP contribution in [0.1, 0.15) is 60.1 Å². The summed E-state index contributed by atoms with van der Waals surface area (Å²) in [6.07, 6.45) is 6.61. The first kappa shape index (κ1) is 24.4. The minimum Gasteiger partial charge on any atom is -0.340 e. The number of halogens is 1. The van der Waals surface area contributed by atoms with Crippen LogP contribution in [0.3, 0.4) is 0 Å². The molecule has 3 aliphatic rings. The number of hydrogen-bond acceptors (Lipinski definition) is 4. The Morgan fingerprint density at radius 2 is 1.80 bits per heavy atom. The van der Waals surface area contributed by atoms with Gasteiger partial charge in [0, 0.05) is 70.0 Å². The Morgan fingerprint density at radius 1 is 1.03 bits per heavy atom. The molecule has 0 aliphatic carbocycles. The minimum atomic E-state index is -1.71. The summed E-state index contributed by atoms with van der Waals surface area (Å²) in [7, 11) is 0. The second-order valence-corrected chi connectivity index (χ2v) is 10.9. The number of carbonyl (C=O) groups is 1. The van der Waals surface area contributed by atoms with Crippen molar-refractivity contribution in [1.82, 2.24) is 19.7 Å². The van der Waals surface area contributed by atoms with E-state index in [0.29, 0.717) is 32.2 Å². The Labute approximate surface area is 209 Å². The highest BCUT2D eigenvalue weighted by Gasteiger charge is 2.45. The van der Waals surface area contributed by atoms with E-state index in [4.69, 9.17) is 0 Å². The zero-order valence-corrected chi connectivity index (χ0v) is 21.3. The molecule has 2 aromatic rings. The normalized spacial score (nSPS) is 22.0. The van der Waals surface area contributed by atoms with Gasteiger partial charge in [0.2, 0.25) is 0 Å². The van der Waals surface area contributed by atoms with Gasteiger partial charge in [-0.3, -0.25) is 19.6 Å². The van der Waals surface area contributed by atoms with E-state index in [1.165, 1.54) is 28.7 Å². The maximum Gasteiger partial charge on any atom is 0.260 e. The van der Waals surface area contributed by atoms with Gasteiger partial charge in [-0.25, -0.2) is 4.39 Å². The average Bonchev–Trinajstić information content (AvgIpc) is 3.07. The molecular formula is C29H39FN4O. The summed E-state index contributed by atoms with van der Waals surface area (Å²) in [6, 6.07) is 11.4. The fourth-order valence-corrected chi connectivity index (χ4v) is 6.18. The summed E-state index contributed by atoms with van der Waals surface area (Å²) in [6.45, 7) is 9.62. The predicted octanol–water partition coefficient (Wildman–Crippen LogP) is 4.44. The molecule has 35 heavy (non-hydrogen) atoms. The van der Waals surface area contributed by atoms with Gasteiger partial charge in [0.05, 0.1) is 0 Å². The Hall–Kier alpha value is -2.31. The number of benzene rings is 1. The number of likely N-dealkylation sites (tertiary alicyclic amines) is 2. The summed E-state index contributed by atoms with van der Waals surface area (Å²) >= 11 is 0. The highest BCUT2D eigenvalue weighted by molar-refractivity contribution is 5.85. The van der Waals surface area contributed by atoms with Crippen LogP contribution in [0.5, 0.6) is 0 Å². The number of aromatic nitrogens is 1. The van der Waals surface area contributed by atoms with Gasteiger partial charge in [0.1, 0.15) is 0 Å². The van der Waals surface area contributed by atoms with E-state index in [-0.39, 0.29) is 18.7 Å². The first-order chi connectivity index (χ1) is 16.9. The molecule has 5 nitrogen and oxygen atoms in total. The number of hydrogen-bond donors (Lipinski definition) is 0. The molecule has 1 aromatic heterocycles. The fraction of sp³-hybridized carbons (Fsp3) is 0.586. The molecule has 6 heteroatoms. The average molecular weight is 479 g/mol. The van der Waals surface area contributed by atoms with Crippen molar-refractivity contribution in [1.29, 1.82) is 0 Å². The molecule has 0 N–H and O–H groups in total. The van der Waals surface area contributed by atoms with Crippen LogP contribution in [0.4, 0.5) is 4.39 Å². The lowest BCUT2D eigenvalue weighted by Crippen LogP contribution is -2.55. The van der Waals surface area contributed by atoms with Crippen molar-refractivity contribution in [2.75, 3.05) is 32.7 Å². The van der Waals surface area contributed by atoms with E-state index < -0.39 is 5.67 Å². The second kappa shape index (κ2) is 10.4. The van der Waals surface area contributed by atoms with Gasteiger partial charge < -0.3 is 4.90 Å². The van der Waals surface area contributed by atoms with Gasteiger partial charge in [-0.05, 0) is 74.9 Å². The lowest BCUT2D eigenvalue weighted by atomic mass is 9.90. The summed E-state index contributed by atoms with van der Waals surface area (Å²) < 4.78 is 15.8. The number of nitrogens with zero attached hydrogens (tertiary/aromatic N) is 4. The van der Waals surface area contributed by atoms with Crippen molar-refractivity contribution in [3.8, 4) is 0 Å². The number of amides is 1. The van der Waals surface area contributed by atoms with Crippen LogP contribution < -0.4 is 0 Å². The van der Waals surface area contributed by atoms with Gasteiger partial charge in [0.15, 0.2) is 5.67 Å². The fourth-order valence-electron chi connectivity index (χ4n) is 6.18. The van der Waals surface area contributed by atoms with Gasteiger partial charge in [-0.1, -0.05) is 23.8 Å². The van der Waals surface area contributed by atoms with Crippen LogP contribution in [-0.4, -0.2) is 70.0 Å². The summed E-state index contributed by atoms with van der Waals surface area (Å²) in [5, 5.41) is 0. The number of piperidine rings is 2. The quantitative estimate of drug-likeness (QED) is 0.651. The largest absolute Gasteiger partial charge is 0.340 e. The van der Waals surface area contributed by atoms with Gasteiger partial charge in [0.25, 0.3) is 5.91 Å². The maximum absolute atomic E-state index is 15.8. The molecule has 3 aliphatic heterocycles. The Morgan fingerprint density at radius 3 is 2.54 bits per heavy atom. The molecule has 2 fully saturated rings. The minimum absolute atomic E-state index is 0.271. The molecule has 2 saturated heterocycles. The standard InChI is InChI=1S/C29H39FN4O/c1-22-5-6-26-21-34(13-3-4-25(26)18-22)27-8-14-33(15-9-27)28(35)29(30)10-16-32(17-11-29)20-24-7-12-31-23(2)19-24/h5-7,12,18-19,27H,3-4,8-11,13-17,20-21H2,1-2H3. The van der Waals surface area contributed by atoms with Crippen LogP contribution in [0, 0.1) is 13.8 Å². The Kier molecular flexibility index (Phi) is 7.21. The van der Waals surface area contributed by atoms with Crippen LogP contribution in [0.25, 0.3) is 0 Å². The number of alkyl halides is 1. The first-order valence-electron chi connectivity index (χ1n) is 13.3. The third-order valence-corrected chi connectivity index (χ3v) is 8.29. The Bertz CT molecular complexity index is 1040. The van der Waals surface area contributed by atoms with Crippen molar-refractivity contribution in [3.05, 3.63) is 64.5 Å². The van der Waals surface area contributed by atoms with Crippen molar-refractivity contribution in [2.45, 2.75) is 77.2 Å². The molecule has 188 valence electrons. The van der Waals surface area contributed by atoms with Crippen LogP contribution in [0.15, 0.2) is 36.5 Å². The van der Waals surface area contributed by atoms with E-state index in [0.717, 1.165) is 44.6 Å². The number of aryl methyl sites for hydroxylation is 3. The second-order valence-electron chi connectivity index (χ2n) is 10.9. The number of fused-ring (bicyclic) bond motifs is 1. The smallest absolute Gasteiger partial charge is 0.260 e. The topological polar surface area (TPSA) is 39.7 Å². The predicted molar refractivity (Wildman–Crippen MR) is 137 cm³/mol. The highest BCUT2D eigenvalue weighted by atomic mass is 19.1. The molecule has 5 rings (SSSR count). The van der Waals surface area contributed by atoms with E-state index in [1.807, 2.05) is 24.1 Å². The molecule has 0 bridgehead atoms. The van der Waals surface area contributed by atoms with Crippen molar-refractivity contribution >= 4 is 5.91 Å². The zero-order chi connectivity index (χ0) is 24.4. The van der Waals surface area contributed by atoms with Crippen molar-refractivity contribution in [2.24, 2.45) is 0 Å². The molecule has 0 atom stereocenters. The monoisotopic (exact) mass is 478 g/mol. The lowest BCUT2D eigenvalue weighted by molar-refractivity contribution is -0.149. The van der Waals surface area contributed by atoms with Crippen molar-refractivity contribution < 1.29 is 9.18 Å². The van der Waals surface area contributed by atoms with Gasteiger partial charge >= 0.3 is 0 Å². The highest BCUT2D eigenvalue weighted by Crippen LogP contribution is 2.32. The summed E-state index contributed by atoms with van der Waals surface area (Å²) in [5.74, 6) is -0.271. The number of pyridine rings is 1. The number of rotatable bonds is 4. The molecule has 0 radical (unpaired) electrons. The maximum atomic E-state index is 15.8. The Balaban J connectivity index is 1.12. The van der Waals surface area contributed by atoms with Crippen LogP contribution >= 0.6 is 0 Å². The molecular weight excluding hydrogens is 439 g/mol. The SMILES string of the molecule is Cc1ccc2c(c1)CCCN(C1CCN(C(=O)C3(F)CCN(Cc4ccnc(C)c4)CC3)CC1)C2. The molecule has 0 spiro atoms. The van der Waals surface area contributed by atoms with E-state index in [1.54, 1.807) is 0 Å². The molecule has 0 saturated carbocycles. The summed E-state index contributed by atoms with van der Waals surface area (Å²) in [5.41, 5.74) is 4.76. The third-order valence-electron chi connectivity index (χ3n) is 8.29. The van der Waals surface area contributed by atoms with E-state index in [2.05, 4.69) is 46.0 Å². The van der Waals surface area contributed by atoms with E-state index >= 15 is 4.39 Å². The van der Waals surface area contributed by atoms with Crippen LogP contribution in [-0.2, 0) is 24.3 Å². The number of carbonyl (C=O) groups excluding carboxylic acids is 1. The summed E-state index contributed by atoms with van der Waals surface area (Å²) in [4.78, 5) is 24.2. The molecule has 0 unspecified atom stereocenters. The molecule has 1 amide bonds. The van der Waals surface area contributed by atoms with Crippen molar-refractivity contribution in [3.63, 3.8) is 0 Å². The molecule has 1 aromatic carbocycles. The lowest BCUT2D eigenvalue weighted by Gasteiger charge is -2.42. The van der Waals surface area contributed by atoms with Gasteiger partial charge in [-0.15, -0.1) is 0 Å². The zero-order valence-electron chi connectivity index (χ0n) is 21.3.